The molecule has 0 N–H and O–H groups in total. The molecule has 4 rings (SSSR count). The molecule has 32 heavy (non-hydrogen) atoms. The fourth-order valence-corrected chi connectivity index (χ4v) is 5.02. The molecule has 2 aromatic rings. The fraction of sp³-hybridized carbons (Fsp3) is 0.667. The van der Waals surface area contributed by atoms with Crippen LogP contribution in [0.3, 0.4) is 0 Å². The second-order valence-electron chi connectivity index (χ2n) is 8.55. The molecule has 2 fully saturated rings. The van der Waals surface area contributed by atoms with Crippen molar-refractivity contribution in [1.82, 2.24) is 29.4 Å². The van der Waals surface area contributed by atoms with Crippen molar-refractivity contribution in [1.29, 1.82) is 0 Å². The highest BCUT2D eigenvalue weighted by Crippen LogP contribution is 2.47. The minimum absolute atomic E-state index is 0.0234. The summed E-state index contributed by atoms with van der Waals surface area (Å²) in [6, 6.07) is 0. The number of carbonyl (C=O) groups is 1. The van der Waals surface area contributed by atoms with Crippen molar-refractivity contribution < 1.29 is 18.0 Å². The molecule has 1 aliphatic heterocycles. The van der Waals surface area contributed by atoms with Crippen molar-refractivity contribution in [2.24, 2.45) is 0 Å². The summed E-state index contributed by atoms with van der Waals surface area (Å²) in [6.07, 6.45) is -0.586. The van der Waals surface area contributed by atoms with Crippen molar-refractivity contribution >= 4 is 21.8 Å². The molecule has 1 saturated heterocycles. The van der Waals surface area contributed by atoms with Gasteiger partial charge in [-0.15, -0.1) is 0 Å². The van der Waals surface area contributed by atoms with Crippen molar-refractivity contribution in [3.63, 3.8) is 0 Å². The van der Waals surface area contributed by atoms with Crippen LogP contribution in [-0.4, -0.2) is 61.4 Å². The highest BCUT2D eigenvalue weighted by Gasteiger charge is 2.41. The van der Waals surface area contributed by atoms with E-state index in [1.165, 1.54) is 10.2 Å². The number of nitrogens with zero attached hydrogens (tertiary/aromatic N) is 6. The van der Waals surface area contributed by atoms with Crippen molar-refractivity contribution in [3.8, 4) is 0 Å². The molecule has 11 heteroatoms. The van der Waals surface area contributed by atoms with E-state index in [4.69, 9.17) is 0 Å². The van der Waals surface area contributed by atoms with Crippen LogP contribution in [0.2, 0.25) is 0 Å². The van der Waals surface area contributed by atoms with Gasteiger partial charge in [-0.25, -0.2) is 0 Å². The van der Waals surface area contributed by atoms with Crippen LogP contribution in [-0.2, 0) is 30.6 Å². The van der Waals surface area contributed by atoms with Gasteiger partial charge in [0.05, 0.1) is 22.4 Å². The maximum Gasteiger partial charge on any atom is 0.436 e. The molecule has 0 atom stereocenters. The number of aryl methyl sites for hydroxylation is 3. The summed E-state index contributed by atoms with van der Waals surface area (Å²) < 4.78 is 43.1. The smallest absolute Gasteiger partial charge is 0.340 e. The average molecular weight is 517 g/mol. The molecule has 0 spiro atoms. The summed E-state index contributed by atoms with van der Waals surface area (Å²) in [5, 5.41) is 8.27. The number of amides is 1. The SMILES string of the molecule is CCn1cc(CN2CCN(C(=O)CCn3nc(C(F)(F)F)c(Br)c3C3CC3)CC2)c(C)n1. The average Bonchev–Trinajstić information content (AvgIpc) is 3.43. The van der Waals surface area contributed by atoms with Gasteiger partial charge in [0.1, 0.15) is 0 Å². The fourth-order valence-electron chi connectivity index (χ4n) is 4.18. The summed E-state index contributed by atoms with van der Waals surface area (Å²) in [6.45, 7) is 8.63. The van der Waals surface area contributed by atoms with E-state index in [1.807, 2.05) is 11.6 Å². The molecule has 7 nitrogen and oxygen atoms in total. The van der Waals surface area contributed by atoms with Gasteiger partial charge in [0.25, 0.3) is 0 Å². The second-order valence-corrected chi connectivity index (χ2v) is 9.34. The number of hydrogen-bond donors (Lipinski definition) is 0. The summed E-state index contributed by atoms with van der Waals surface area (Å²) in [5.41, 5.74) is 1.89. The van der Waals surface area contributed by atoms with Gasteiger partial charge in [0, 0.05) is 63.4 Å². The molecule has 176 valence electrons. The van der Waals surface area contributed by atoms with Crippen LogP contribution in [0.1, 0.15) is 54.7 Å². The van der Waals surface area contributed by atoms with Gasteiger partial charge < -0.3 is 4.90 Å². The zero-order chi connectivity index (χ0) is 23.0. The normalized spacial score (nSPS) is 17.9. The first-order valence-corrected chi connectivity index (χ1v) is 11.8. The lowest BCUT2D eigenvalue weighted by Crippen LogP contribution is -2.48. The van der Waals surface area contributed by atoms with Gasteiger partial charge in [-0.2, -0.15) is 23.4 Å². The van der Waals surface area contributed by atoms with E-state index in [1.54, 1.807) is 4.90 Å². The van der Waals surface area contributed by atoms with Gasteiger partial charge in [0.2, 0.25) is 5.91 Å². The predicted octanol–water partition coefficient (Wildman–Crippen LogP) is 3.80. The lowest BCUT2D eigenvalue weighted by molar-refractivity contribution is -0.142. The first-order chi connectivity index (χ1) is 15.2. The summed E-state index contributed by atoms with van der Waals surface area (Å²) >= 11 is 3.10. The Bertz CT molecular complexity index is 973. The van der Waals surface area contributed by atoms with E-state index in [0.717, 1.165) is 44.7 Å². The molecule has 0 bridgehead atoms. The Labute approximate surface area is 193 Å². The van der Waals surface area contributed by atoms with Crippen LogP contribution < -0.4 is 0 Å². The zero-order valence-electron chi connectivity index (χ0n) is 18.3. The minimum atomic E-state index is -4.51. The van der Waals surface area contributed by atoms with Crippen LogP contribution in [0.25, 0.3) is 0 Å². The van der Waals surface area contributed by atoms with Crippen molar-refractivity contribution in [3.05, 3.63) is 33.3 Å². The van der Waals surface area contributed by atoms with Crippen molar-refractivity contribution in [2.45, 2.75) is 64.8 Å². The monoisotopic (exact) mass is 516 g/mol. The number of alkyl halides is 3. The Morgan fingerprint density at radius 1 is 1.19 bits per heavy atom. The Kier molecular flexibility index (Phi) is 6.67. The molecule has 2 aliphatic rings. The first-order valence-electron chi connectivity index (χ1n) is 11.0. The van der Waals surface area contributed by atoms with Crippen LogP contribution in [0.5, 0.6) is 0 Å². The molecular weight excluding hydrogens is 489 g/mol. The van der Waals surface area contributed by atoms with Crippen LogP contribution in [0.4, 0.5) is 13.2 Å². The van der Waals surface area contributed by atoms with Gasteiger partial charge in [-0.3, -0.25) is 19.1 Å². The maximum absolute atomic E-state index is 13.3. The Morgan fingerprint density at radius 3 is 2.44 bits per heavy atom. The van der Waals surface area contributed by atoms with Gasteiger partial charge in [0.15, 0.2) is 5.69 Å². The predicted molar refractivity (Wildman–Crippen MR) is 116 cm³/mol. The van der Waals surface area contributed by atoms with E-state index >= 15 is 0 Å². The number of halogens is 4. The van der Waals surface area contributed by atoms with Gasteiger partial charge in [-0.1, -0.05) is 0 Å². The maximum atomic E-state index is 13.3. The molecule has 1 aliphatic carbocycles. The topological polar surface area (TPSA) is 59.2 Å². The molecule has 1 amide bonds. The van der Waals surface area contributed by atoms with Crippen molar-refractivity contribution in [2.75, 3.05) is 26.2 Å². The van der Waals surface area contributed by atoms with Crippen LogP contribution in [0.15, 0.2) is 10.7 Å². The van der Waals surface area contributed by atoms with E-state index < -0.39 is 11.9 Å². The number of carbonyl (C=O) groups excluding carboxylic acids is 1. The highest BCUT2D eigenvalue weighted by atomic mass is 79.9. The van der Waals surface area contributed by atoms with Crippen LogP contribution >= 0.6 is 15.9 Å². The number of rotatable bonds is 7. The summed E-state index contributed by atoms with van der Waals surface area (Å²) in [5.74, 6) is 0.0497. The number of aromatic nitrogens is 4. The summed E-state index contributed by atoms with van der Waals surface area (Å²) in [4.78, 5) is 16.8. The minimum Gasteiger partial charge on any atom is -0.340 e. The van der Waals surface area contributed by atoms with E-state index in [9.17, 15) is 18.0 Å². The quantitative estimate of drug-likeness (QED) is 0.561. The van der Waals surface area contributed by atoms with Crippen LogP contribution in [0, 0.1) is 6.92 Å². The van der Waals surface area contributed by atoms with E-state index in [2.05, 4.69) is 44.1 Å². The van der Waals surface area contributed by atoms with Gasteiger partial charge >= 0.3 is 6.18 Å². The molecule has 2 aromatic heterocycles. The Balaban J connectivity index is 1.32. The number of hydrogen-bond acceptors (Lipinski definition) is 4. The molecule has 1 saturated carbocycles. The third-order valence-corrected chi connectivity index (χ3v) is 6.97. The largest absolute Gasteiger partial charge is 0.436 e. The third-order valence-electron chi connectivity index (χ3n) is 6.19. The molecule has 0 aromatic carbocycles. The van der Waals surface area contributed by atoms with E-state index in [0.29, 0.717) is 18.8 Å². The Morgan fingerprint density at radius 2 is 1.88 bits per heavy atom. The molecular formula is C21H28BrF3N6O. The Hall–Kier alpha value is -1.88. The summed E-state index contributed by atoms with van der Waals surface area (Å²) in [7, 11) is 0. The van der Waals surface area contributed by atoms with Gasteiger partial charge in [-0.05, 0) is 42.6 Å². The first kappa shape index (κ1) is 23.3. The number of piperazine rings is 1. The van der Waals surface area contributed by atoms with E-state index in [-0.39, 0.29) is 29.3 Å². The lowest BCUT2D eigenvalue weighted by atomic mass is 10.2. The highest BCUT2D eigenvalue weighted by molar-refractivity contribution is 9.10. The molecule has 0 radical (unpaired) electrons. The standard InChI is InChI=1S/C21H28BrF3N6O/c1-3-30-13-16(14(2)26-30)12-28-8-10-29(11-9-28)17(32)6-7-31-19(15-4-5-15)18(22)20(27-31)21(23,24)25/h13,15H,3-12H2,1-2H3. The molecule has 0 unspecified atom stereocenters. The third kappa shape index (κ3) is 5.03. The lowest BCUT2D eigenvalue weighted by Gasteiger charge is -2.34. The molecule has 3 heterocycles. The zero-order valence-corrected chi connectivity index (χ0v) is 19.9. The second kappa shape index (κ2) is 9.17.